The van der Waals surface area contributed by atoms with Crippen molar-refractivity contribution in [1.82, 2.24) is 49.9 Å². The third-order valence-electron chi connectivity index (χ3n) is 9.19. The number of aromatic nitrogens is 10. The number of anilines is 4. The molecule has 0 amide bonds. The van der Waals surface area contributed by atoms with Crippen LogP contribution < -0.4 is 21.3 Å². The summed E-state index contributed by atoms with van der Waals surface area (Å²) in [4.78, 5) is 30.5. The Bertz CT molecular complexity index is 2020. The number of nitrogens with zero attached hydrogens (tertiary/aromatic N) is 11. The summed E-state index contributed by atoms with van der Waals surface area (Å²) in [6, 6.07) is 7.95. The number of piperidine rings is 2. The maximum Gasteiger partial charge on any atom is 0.153 e. The highest BCUT2D eigenvalue weighted by Gasteiger charge is 2.26. The van der Waals surface area contributed by atoms with E-state index >= 15 is 0 Å². The van der Waals surface area contributed by atoms with Gasteiger partial charge in [0, 0.05) is 57.0 Å². The van der Waals surface area contributed by atoms with Crippen LogP contribution in [0, 0.1) is 13.8 Å². The molecule has 0 radical (unpaired) electrons. The number of hydrogen-bond acceptors (Lipinski definition) is 12. The van der Waals surface area contributed by atoms with E-state index in [0.717, 1.165) is 68.1 Å². The first kappa shape index (κ1) is 30.3. The molecule has 47 heavy (non-hydrogen) atoms. The number of fused-ring (bicyclic) bond motifs is 2. The maximum absolute atomic E-state index is 5.95. The zero-order valence-electron chi connectivity index (χ0n) is 27.0. The predicted octanol–water partition coefficient (Wildman–Crippen LogP) is 4.06. The van der Waals surface area contributed by atoms with Gasteiger partial charge in [-0.25, -0.2) is 29.9 Å². The lowest BCUT2D eigenvalue weighted by Gasteiger charge is -2.33. The number of nitrogens with one attached hydrogen (secondary N) is 1. The Balaban J connectivity index is 0.000000150. The van der Waals surface area contributed by atoms with Gasteiger partial charge in [-0.3, -0.25) is 9.78 Å². The van der Waals surface area contributed by atoms with Gasteiger partial charge in [-0.05, 0) is 74.9 Å². The van der Waals surface area contributed by atoms with E-state index in [2.05, 4.69) is 70.1 Å². The summed E-state index contributed by atoms with van der Waals surface area (Å²) in [5.41, 5.74) is 19.7. The number of pyridine rings is 2. The molecule has 0 aliphatic carbocycles. The van der Waals surface area contributed by atoms with Crippen LogP contribution in [0.1, 0.15) is 60.0 Å². The number of aromatic amines is 1. The lowest BCUT2D eigenvalue weighted by atomic mass is 9.93. The molecule has 6 aromatic rings. The lowest BCUT2D eigenvalue weighted by molar-refractivity contribution is 0.493. The Morgan fingerprint density at radius 3 is 1.85 bits per heavy atom. The number of hydrogen-bond donors (Lipinski definition) is 3. The third-order valence-corrected chi connectivity index (χ3v) is 9.19. The zero-order chi connectivity index (χ0) is 32.5. The van der Waals surface area contributed by atoms with Crippen molar-refractivity contribution in [3.05, 3.63) is 71.8 Å². The Morgan fingerprint density at radius 1 is 0.745 bits per heavy atom. The topological polar surface area (TPSA) is 182 Å². The monoisotopic (exact) mass is 632 g/mol. The Labute approximate surface area is 272 Å². The zero-order valence-corrected chi connectivity index (χ0v) is 27.0. The maximum atomic E-state index is 5.95. The van der Waals surface area contributed by atoms with Crippen molar-refractivity contribution in [3.63, 3.8) is 0 Å². The van der Waals surface area contributed by atoms with E-state index in [4.69, 9.17) is 16.5 Å². The Morgan fingerprint density at radius 2 is 1.32 bits per heavy atom. The molecule has 2 atom stereocenters. The highest BCUT2D eigenvalue weighted by molar-refractivity contribution is 5.85. The average Bonchev–Trinajstić information content (AvgIpc) is 3.68. The molecule has 14 heteroatoms. The summed E-state index contributed by atoms with van der Waals surface area (Å²) in [6.07, 6.45) is 11.5. The second-order valence-electron chi connectivity index (χ2n) is 12.5. The van der Waals surface area contributed by atoms with Crippen molar-refractivity contribution in [2.75, 3.05) is 47.4 Å². The van der Waals surface area contributed by atoms with Gasteiger partial charge in [0.15, 0.2) is 11.6 Å². The van der Waals surface area contributed by atoms with E-state index in [0.29, 0.717) is 34.5 Å². The first-order chi connectivity index (χ1) is 22.8. The summed E-state index contributed by atoms with van der Waals surface area (Å²) >= 11 is 0. The molecule has 2 saturated heterocycles. The van der Waals surface area contributed by atoms with E-state index in [1.54, 1.807) is 0 Å². The minimum atomic E-state index is 0.426. The SMILES string of the molecule is Cc1cn(C)nc1C1CCCN(c2ccc3ncnc(N)c3n2)C1.Cc1cn[nH]c1C1CCCN(c2ccc3ncnc(N)c3n2)C1. The summed E-state index contributed by atoms with van der Waals surface area (Å²) in [5, 5.41) is 12.0. The van der Waals surface area contributed by atoms with Crippen LogP contribution >= 0.6 is 0 Å². The quantitative estimate of drug-likeness (QED) is 0.254. The molecule has 0 aromatic carbocycles. The molecular weight excluding hydrogens is 592 g/mol. The molecule has 14 nitrogen and oxygen atoms in total. The molecular formula is C33H40N14. The van der Waals surface area contributed by atoms with Crippen molar-refractivity contribution in [2.24, 2.45) is 7.05 Å². The minimum absolute atomic E-state index is 0.426. The van der Waals surface area contributed by atoms with Crippen molar-refractivity contribution in [2.45, 2.75) is 51.4 Å². The van der Waals surface area contributed by atoms with Crippen LogP contribution in [-0.4, -0.2) is 76.1 Å². The average molecular weight is 633 g/mol. The first-order valence-electron chi connectivity index (χ1n) is 16.1. The largest absolute Gasteiger partial charge is 0.382 e. The first-order valence-corrected chi connectivity index (χ1v) is 16.1. The number of aryl methyl sites for hydroxylation is 3. The van der Waals surface area contributed by atoms with Crippen LogP contribution in [0.15, 0.2) is 49.3 Å². The second-order valence-corrected chi connectivity index (χ2v) is 12.5. The van der Waals surface area contributed by atoms with Crippen LogP contribution in [0.4, 0.5) is 23.3 Å². The van der Waals surface area contributed by atoms with Crippen LogP contribution in [0.3, 0.4) is 0 Å². The van der Waals surface area contributed by atoms with E-state index < -0.39 is 0 Å². The van der Waals surface area contributed by atoms with Crippen molar-refractivity contribution < 1.29 is 0 Å². The summed E-state index contributed by atoms with van der Waals surface area (Å²) in [5.74, 6) is 3.60. The van der Waals surface area contributed by atoms with Gasteiger partial charge in [0.2, 0.25) is 0 Å². The molecule has 2 aliphatic rings. The van der Waals surface area contributed by atoms with E-state index in [9.17, 15) is 0 Å². The van der Waals surface area contributed by atoms with Crippen LogP contribution in [-0.2, 0) is 7.05 Å². The fourth-order valence-electron chi connectivity index (χ4n) is 6.88. The van der Waals surface area contributed by atoms with Gasteiger partial charge in [0.25, 0.3) is 0 Å². The standard InChI is InChI=1S/C17H21N7.C16H19N7/c1-11-8-23(2)22-15(11)12-4-3-7-24(9-12)14-6-5-13-16(21-14)17(18)20-10-19-13;1-10-7-20-22-14(10)11-3-2-6-23(8-11)13-5-4-12-15(21-13)16(17)19-9-18-12/h5-6,8,10,12H,3-4,7,9H2,1-2H3,(H2,18,19,20);4-5,7,9,11H,2-3,6,8H2,1H3,(H,20,22)(H2,17,18,19). The normalized spacial score (nSPS) is 18.4. The van der Waals surface area contributed by atoms with Crippen LogP contribution in [0.25, 0.3) is 22.1 Å². The van der Waals surface area contributed by atoms with Gasteiger partial charge >= 0.3 is 0 Å². The molecule has 0 bridgehead atoms. The fraction of sp³-hybridized carbons (Fsp3) is 0.394. The number of nitrogen functional groups attached to an aromatic ring is 2. The van der Waals surface area contributed by atoms with Gasteiger partial charge in [-0.2, -0.15) is 10.2 Å². The molecule has 2 fully saturated rings. The Kier molecular flexibility index (Phi) is 8.23. The number of H-pyrrole nitrogens is 1. The van der Waals surface area contributed by atoms with Gasteiger partial charge in [-0.15, -0.1) is 0 Å². The highest BCUT2D eigenvalue weighted by atomic mass is 15.3. The molecule has 0 spiro atoms. The molecule has 2 unspecified atom stereocenters. The Hall–Kier alpha value is -5.40. The van der Waals surface area contributed by atoms with Crippen molar-refractivity contribution >= 4 is 45.3 Å². The second kappa shape index (κ2) is 12.8. The third kappa shape index (κ3) is 6.22. The summed E-state index contributed by atoms with van der Waals surface area (Å²) in [6.45, 7) is 8.07. The highest BCUT2D eigenvalue weighted by Crippen LogP contribution is 2.32. The van der Waals surface area contributed by atoms with Gasteiger partial charge < -0.3 is 21.3 Å². The number of nitrogens with two attached hydrogens (primary N) is 2. The molecule has 8 heterocycles. The van der Waals surface area contributed by atoms with Crippen molar-refractivity contribution in [3.8, 4) is 0 Å². The van der Waals surface area contributed by atoms with Gasteiger partial charge in [0.05, 0.1) is 22.9 Å². The smallest absolute Gasteiger partial charge is 0.153 e. The van der Waals surface area contributed by atoms with Crippen LogP contribution in [0.5, 0.6) is 0 Å². The molecule has 6 aromatic heterocycles. The molecule has 0 saturated carbocycles. The molecule has 5 N–H and O–H groups in total. The molecule has 8 rings (SSSR count). The summed E-state index contributed by atoms with van der Waals surface area (Å²) in [7, 11) is 1.98. The molecule has 242 valence electrons. The predicted molar refractivity (Wildman–Crippen MR) is 183 cm³/mol. The molecule has 2 aliphatic heterocycles. The van der Waals surface area contributed by atoms with E-state index in [-0.39, 0.29) is 0 Å². The fourth-order valence-corrected chi connectivity index (χ4v) is 6.88. The summed E-state index contributed by atoms with van der Waals surface area (Å²) < 4.78 is 1.90. The number of rotatable bonds is 4. The lowest BCUT2D eigenvalue weighted by Crippen LogP contribution is -2.35. The van der Waals surface area contributed by atoms with Crippen molar-refractivity contribution in [1.29, 1.82) is 0 Å². The van der Waals surface area contributed by atoms with Gasteiger partial charge in [-0.1, -0.05) is 0 Å². The van der Waals surface area contributed by atoms with Crippen LogP contribution in [0.2, 0.25) is 0 Å². The minimum Gasteiger partial charge on any atom is -0.382 e. The van der Waals surface area contributed by atoms with Gasteiger partial charge in [0.1, 0.15) is 35.3 Å². The van der Waals surface area contributed by atoms with E-state index in [1.165, 1.54) is 41.6 Å². The van der Waals surface area contributed by atoms with E-state index in [1.807, 2.05) is 42.2 Å².